The van der Waals surface area contributed by atoms with Gasteiger partial charge in [0, 0.05) is 18.7 Å². The van der Waals surface area contributed by atoms with Crippen LogP contribution in [-0.4, -0.2) is 29.2 Å². The van der Waals surface area contributed by atoms with E-state index in [0.29, 0.717) is 24.7 Å². The van der Waals surface area contributed by atoms with Gasteiger partial charge in [0.25, 0.3) is 0 Å². The maximum Gasteiger partial charge on any atom is 0.323 e. The highest BCUT2D eigenvalue weighted by Crippen LogP contribution is 2.26. The first kappa shape index (κ1) is 17.2. The summed E-state index contributed by atoms with van der Waals surface area (Å²) in [5, 5.41) is 6.68. The van der Waals surface area contributed by atoms with E-state index >= 15 is 0 Å². The van der Waals surface area contributed by atoms with Gasteiger partial charge in [-0.25, -0.2) is 9.18 Å². The third kappa shape index (κ3) is 3.90. The zero-order valence-corrected chi connectivity index (χ0v) is 14.7. The molecule has 1 atom stereocenters. The third-order valence-corrected chi connectivity index (χ3v) is 4.69. The Labute approximate surface area is 146 Å². The number of hydrogen-bond donors (Lipinski definition) is 1. The number of hydrogen-bond acceptors (Lipinski definition) is 3. The van der Waals surface area contributed by atoms with Gasteiger partial charge in [0.2, 0.25) is 0 Å². The van der Waals surface area contributed by atoms with Crippen LogP contribution in [0.15, 0.2) is 34.4 Å². The van der Waals surface area contributed by atoms with Crippen molar-refractivity contribution >= 4 is 17.9 Å². The van der Waals surface area contributed by atoms with E-state index in [-0.39, 0.29) is 17.8 Å². The van der Waals surface area contributed by atoms with E-state index in [1.54, 1.807) is 17.0 Å². The van der Waals surface area contributed by atoms with Crippen LogP contribution in [0.3, 0.4) is 0 Å². The Morgan fingerprint density at radius 2 is 2.08 bits per heavy atom. The second-order valence-corrected chi connectivity index (χ2v) is 6.51. The van der Waals surface area contributed by atoms with Crippen LogP contribution in [0.1, 0.15) is 30.2 Å². The van der Waals surface area contributed by atoms with Gasteiger partial charge in [-0.15, -0.1) is 0 Å². The van der Waals surface area contributed by atoms with Crippen LogP contribution < -0.4 is 5.32 Å². The average molecular weight is 343 g/mol. The van der Waals surface area contributed by atoms with Crippen LogP contribution in [0.4, 0.5) is 15.0 Å². The Kier molecular flexibility index (Phi) is 4.88. The Balaban J connectivity index is 1.64. The number of anilines is 1. The molecular weight excluding hydrogens is 321 g/mol. The fourth-order valence-electron chi connectivity index (χ4n) is 2.94. The van der Waals surface area contributed by atoms with E-state index in [4.69, 9.17) is 4.52 Å². The summed E-state index contributed by atoms with van der Waals surface area (Å²) in [6.07, 6.45) is 2.88. The number of halogens is 1. The van der Waals surface area contributed by atoms with Crippen molar-refractivity contribution in [1.82, 2.24) is 10.1 Å². The van der Waals surface area contributed by atoms with Gasteiger partial charge in [0.05, 0.1) is 0 Å². The summed E-state index contributed by atoms with van der Waals surface area (Å²) < 4.78 is 18.1. The minimum absolute atomic E-state index is 0.163. The summed E-state index contributed by atoms with van der Waals surface area (Å²) in [7, 11) is 0. The van der Waals surface area contributed by atoms with Gasteiger partial charge in [0.1, 0.15) is 11.6 Å². The van der Waals surface area contributed by atoms with Gasteiger partial charge in [-0.2, -0.15) is 0 Å². The molecule has 132 valence electrons. The molecule has 0 aliphatic carbocycles. The minimum atomic E-state index is -0.236. The number of carbonyl (C=O) groups excluding carboxylic acids is 1. The van der Waals surface area contributed by atoms with Crippen molar-refractivity contribution < 1.29 is 13.7 Å². The van der Waals surface area contributed by atoms with E-state index in [9.17, 15) is 9.18 Å². The van der Waals surface area contributed by atoms with Gasteiger partial charge in [0.15, 0.2) is 5.82 Å². The predicted octanol–water partition coefficient (Wildman–Crippen LogP) is 4.39. The lowest BCUT2D eigenvalue weighted by atomic mass is 9.91. The molecule has 1 unspecified atom stereocenters. The summed E-state index contributed by atoms with van der Waals surface area (Å²) in [6.45, 7) is 7.05. The van der Waals surface area contributed by atoms with E-state index in [1.165, 1.54) is 17.7 Å². The number of aryl methyl sites for hydroxylation is 1. The molecular formula is C19H22FN3O2. The fraction of sp³-hybridized carbons (Fsp3) is 0.368. The van der Waals surface area contributed by atoms with E-state index in [0.717, 1.165) is 17.5 Å². The third-order valence-electron chi connectivity index (χ3n) is 4.69. The first-order valence-electron chi connectivity index (χ1n) is 8.39. The molecule has 1 aromatic heterocycles. The molecule has 0 spiro atoms. The maximum absolute atomic E-state index is 13.0. The van der Waals surface area contributed by atoms with Crippen LogP contribution in [0, 0.1) is 25.6 Å². The van der Waals surface area contributed by atoms with Crippen molar-refractivity contribution in [2.45, 2.75) is 27.2 Å². The fourth-order valence-corrected chi connectivity index (χ4v) is 2.94. The normalized spacial score (nSPS) is 19.3. The molecule has 1 aliphatic rings. The molecule has 2 aromatic rings. The summed E-state index contributed by atoms with van der Waals surface area (Å²) in [4.78, 5) is 14.2. The van der Waals surface area contributed by atoms with Crippen molar-refractivity contribution in [3.8, 4) is 0 Å². The monoisotopic (exact) mass is 343 g/mol. The summed E-state index contributed by atoms with van der Waals surface area (Å²) in [5.41, 5.74) is 3.09. The lowest BCUT2D eigenvalue weighted by Crippen LogP contribution is -2.42. The number of nitrogens with one attached hydrogen (secondary N) is 1. The summed E-state index contributed by atoms with van der Waals surface area (Å²) in [6, 6.07) is 6.29. The largest absolute Gasteiger partial charge is 0.359 e. The van der Waals surface area contributed by atoms with Crippen LogP contribution in [0.5, 0.6) is 0 Å². The SMILES string of the molecule is Cc1onc(NC(=O)N2CCC(=Cc3ccc(F)cc3)C(C)C2)c1C. The van der Waals surface area contributed by atoms with Crippen molar-refractivity contribution in [3.63, 3.8) is 0 Å². The smallest absolute Gasteiger partial charge is 0.323 e. The average Bonchev–Trinajstić information content (AvgIpc) is 2.90. The van der Waals surface area contributed by atoms with Gasteiger partial charge in [-0.05, 0) is 43.9 Å². The first-order chi connectivity index (χ1) is 11.9. The molecule has 0 bridgehead atoms. The molecule has 5 nitrogen and oxygen atoms in total. The molecule has 1 aliphatic heterocycles. The summed E-state index contributed by atoms with van der Waals surface area (Å²) in [5.74, 6) is 1.18. The standard InChI is InChI=1S/C19H22FN3O2/c1-12-11-23(19(24)21-18-13(2)14(3)25-22-18)9-8-16(12)10-15-4-6-17(20)7-5-15/h4-7,10,12H,8-9,11H2,1-3H3,(H,21,22,24). The molecule has 1 N–H and O–H groups in total. The molecule has 3 rings (SSSR count). The zero-order valence-electron chi connectivity index (χ0n) is 14.7. The Hall–Kier alpha value is -2.63. The van der Waals surface area contributed by atoms with Gasteiger partial charge >= 0.3 is 6.03 Å². The van der Waals surface area contributed by atoms with Crippen molar-refractivity contribution in [3.05, 3.63) is 52.5 Å². The molecule has 0 saturated carbocycles. The van der Waals surface area contributed by atoms with Crippen molar-refractivity contribution in [2.24, 2.45) is 5.92 Å². The van der Waals surface area contributed by atoms with Gasteiger partial charge in [-0.1, -0.05) is 35.9 Å². The Morgan fingerprint density at radius 3 is 2.68 bits per heavy atom. The summed E-state index contributed by atoms with van der Waals surface area (Å²) >= 11 is 0. The number of urea groups is 1. The number of rotatable bonds is 2. The molecule has 2 heterocycles. The van der Waals surface area contributed by atoms with Gasteiger partial charge < -0.3 is 9.42 Å². The molecule has 6 heteroatoms. The molecule has 25 heavy (non-hydrogen) atoms. The van der Waals surface area contributed by atoms with Crippen LogP contribution in [0.2, 0.25) is 0 Å². The number of amides is 2. The Bertz CT molecular complexity index is 796. The minimum Gasteiger partial charge on any atom is -0.359 e. The number of nitrogens with zero attached hydrogens (tertiary/aromatic N) is 2. The van der Waals surface area contributed by atoms with Crippen LogP contribution >= 0.6 is 0 Å². The van der Waals surface area contributed by atoms with Crippen LogP contribution in [-0.2, 0) is 0 Å². The lowest BCUT2D eigenvalue weighted by Gasteiger charge is -2.33. The quantitative estimate of drug-likeness (QED) is 0.880. The van der Waals surface area contributed by atoms with Crippen molar-refractivity contribution in [2.75, 3.05) is 18.4 Å². The highest BCUT2D eigenvalue weighted by molar-refractivity contribution is 5.89. The number of piperidine rings is 1. The highest BCUT2D eigenvalue weighted by Gasteiger charge is 2.25. The zero-order chi connectivity index (χ0) is 18.0. The predicted molar refractivity (Wildman–Crippen MR) is 94.7 cm³/mol. The van der Waals surface area contributed by atoms with E-state index in [1.807, 2.05) is 13.8 Å². The molecule has 1 aromatic carbocycles. The van der Waals surface area contributed by atoms with E-state index in [2.05, 4.69) is 23.5 Å². The number of aromatic nitrogens is 1. The molecule has 1 saturated heterocycles. The van der Waals surface area contributed by atoms with E-state index < -0.39 is 0 Å². The molecule has 1 fully saturated rings. The van der Waals surface area contributed by atoms with Crippen LogP contribution in [0.25, 0.3) is 6.08 Å². The van der Waals surface area contributed by atoms with Crippen molar-refractivity contribution in [1.29, 1.82) is 0 Å². The first-order valence-corrected chi connectivity index (χ1v) is 8.39. The maximum atomic E-state index is 13.0. The van der Waals surface area contributed by atoms with Gasteiger partial charge in [-0.3, -0.25) is 5.32 Å². The number of likely N-dealkylation sites (tertiary alicyclic amines) is 1. The highest BCUT2D eigenvalue weighted by atomic mass is 19.1. The second kappa shape index (κ2) is 7.09. The Morgan fingerprint density at radius 1 is 1.36 bits per heavy atom. The molecule has 0 radical (unpaired) electrons. The topological polar surface area (TPSA) is 58.4 Å². The number of carbonyl (C=O) groups is 1. The second-order valence-electron chi connectivity index (χ2n) is 6.51. The molecule has 2 amide bonds. The number of benzene rings is 1. The lowest BCUT2D eigenvalue weighted by molar-refractivity contribution is 0.197.